The van der Waals surface area contributed by atoms with E-state index in [0.717, 1.165) is 5.56 Å². The fourth-order valence-corrected chi connectivity index (χ4v) is 2.13. The molecule has 0 spiro atoms. The van der Waals surface area contributed by atoms with Gasteiger partial charge >= 0.3 is 12.0 Å². The van der Waals surface area contributed by atoms with Crippen LogP contribution in [-0.4, -0.2) is 29.1 Å². The summed E-state index contributed by atoms with van der Waals surface area (Å²) in [5, 5.41) is 11.7. The van der Waals surface area contributed by atoms with Gasteiger partial charge in [-0.25, -0.2) is 9.59 Å². The number of nitrogens with one attached hydrogen (secondary N) is 1. The molecule has 110 valence electrons. The first kappa shape index (κ1) is 15.1. The first-order valence-corrected chi connectivity index (χ1v) is 6.82. The van der Waals surface area contributed by atoms with Crippen LogP contribution in [0.25, 0.3) is 0 Å². The molecule has 0 aliphatic heterocycles. The fourth-order valence-electron chi connectivity index (χ4n) is 1.71. The molecular weight excluding hydrogens is 340 g/mol. The molecule has 1 aromatic carbocycles. The number of amides is 2. The Hall–Kier alpha value is -2.28. The maximum atomic E-state index is 12.0. The summed E-state index contributed by atoms with van der Waals surface area (Å²) in [6.45, 7) is 0.394. The van der Waals surface area contributed by atoms with Crippen molar-refractivity contribution in [1.29, 1.82) is 0 Å². The molecule has 0 saturated heterocycles. The maximum absolute atomic E-state index is 12.0. The van der Waals surface area contributed by atoms with Crippen LogP contribution < -0.4 is 5.32 Å². The van der Waals surface area contributed by atoms with Crippen molar-refractivity contribution < 1.29 is 19.1 Å². The Balaban J connectivity index is 2.05. The molecule has 0 aliphatic carbocycles. The van der Waals surface area contributed by atoms with Crippen molar-refractivity contribution in [2.75, 3.05) is 12.4 Å². The molecule has 0 bridgehead atoms. The van der Waals surface area contributed by atoms with Crippen molar-refractivity contribution in [3.05, 3.63) is 52.4 Å². The smallest absolute Gasteiger partial charge is 0.336 e. The molecule has 0 radical (unpaired) electrons. The summed E-state index contributed by atoms with van der Waals surface area (Å²) in [4.78, 5) is 24.5. The average Bonchev–Trinajstić information content (AvgIpc) is 2.93. The van der Waals surface area contributed by atoms with E-state index in [4.69, 9.17) is 9.52 Å². The van der Waals surface area contributed by atoms with Gasteiger partial charge in [0.1, 0.15) is 0 Å². The lowest BCUT2D eigenvalue weighted by Gasteiger charge is -2.17. The number of carboxylic acids is 1. The lowest BCUT2D eigenvalue weighted by molar-refractivity contribution is 0.0696. The van der Waals surface area contributed by atoms with Crippen molar-refractivity contribution in [2.24, 2.45) is 0 Å². The number of carboxylic acid groups (broad SMARTS) is 1. The quantitative estimate of drug-likeness (QED) is 0.883. The van der Waals surface area contributed by atoms with E-state index in [1.54, 1.807) is 31.5 Å². The van der Waals surface area contributed by atoms with Crippen molar-refractivity contribution in [1.82, 2.24) is 4.90 Å². The summed E-state index contributed by atoms with van der Waals surface area (Å²) in [7, 11) is 1.64. The number of carbonyl (C=O) groups is 2. The van der Waals surface area contributed by atoms with Gasteiger partial charge in [-0.05, 0) is 40.2 Å². The molecule has 2 aromatic rings. The first-order chi connectivity index (χ1) is 9.97. The molecule has 2 amide bonds. The molecule has 2 N–H and O–H groups in total. The van der Waals surface area contributed by atoms with Crippen LogP contribution in [0.1, 0.15) is 15.9 Å². The molecule has 21 heavy (non-hydrogen) atoms. The van der Waals surface area contributed by atoms with Gasteiger partial charge in [0.15, 0.2) is 0 Å². The van der Waals surface area contributed by atoms with E-state index in [0.29, 0.717) is 16.7 Å². The number of benzene rings is 1. The zero-order valence-electron chi connectivity index (χ0n) is 11.2. The van der Waals surface area contributed by atoms with E-state index in [9.17, 15) is 9.59 Å². The number of anilines is 1. The van der Waals surface area contributed by atoms with Crippen LogP contribution in [0, 0.1) is 0 Å². The van der Waals surface area contributed by atoms with Crippen molar-refractivity contribution in [2.45, 2.75) is 6.54 Å². The van der Waals surface area contributed by atoms with Gasteiger partial charge in [0.25, 0.3) is 0 Å². The highest BCUT2D eigenvalue weighted by atomic mass is 79.9. The Kier molecular flexibility index (Phi) is 4.64. The van der Waals surface area contributed by atoms with Gasteiger partial charge in [-0.1, -0.05) is 0 Å². The Morgan fingerprint density at radius 2 is 2.14 bits per heavy atom. The van der Waals surface area contributed by atoms with E-state index in [1.165, 1.54) is 17.2 Å². The number of nitrogens with zero attached hydrogens (tertiary/aromatic N) is 1. The van der Waals surface area contributed by atoms with Gasteiger partial charge in [-0.3, -0.25) is 0 Å². The highest BCUT2D eigenvalue weighted by molar-refractivity contribution is 9.10. The second kappa shape index (κ2) is 6.45. The van der Waals surface area contributed by atoms with Crippen LogP contribution in [-0.2, 0) is 6.54 Å². The zero-order chi connectivity index (χ0) is 15.4. The Bertz CT molecular complexity index is 655. The van der Waals surface area contributed by atoms with Gasteiger partial charge in [0.05, 0.1) is 24.6 Å². The Labute approximate surface area is 129 Å². The van der Waals surface area contributed by atoms with Crippen LogP contribution in [0.3, 0.4) is 0 Å². The van der Waals surface area contributed by atoms with Crippen LogP contribution in [0.2, 0.25) is 0 Å². The summed E-state index contributed by atoms with van der Waals surface area (Å²) in [5.74, 6) is -1.07. The van der Waals surface area contributed by atoms with E-state index < -0.39 is 5.97 Å². The first-order valence-electron chi connectivity index (χ1n) is 6.03. The fraction of sp³-hybridized carbons (Fsp3) is 0.143. The summed E-state index contributed by atoms with van der Waals surface area (Å²) < 4.78 is 5.40. The predicted octanol–water partition coefficient (Wildman–Crippen LogP) is 3.40. The van der Waals surface area contributed by atoms with Crippen LogP contribution in [0.5, 0.6) is 0 Å². The maximum Gasteiger partial charge on any atom is 0.336 e. The molecule has 1 heterocycles. The topological polar surface area (TPSA) is 82.8 Å². The summed E-state index contributed by atoms with van der Waals surface area (Å²) in [5.41, 5.74) is 1.37. The largest absolute Gasteiger partial charge is 0.478 e. The van der Waals surface area contributed by atoms with E-state index in [-0.39, 0.29) is 11.6 Å². The predicted molar refractivity (Wildman–Crippen MR) is 80.3 cm³/mol. The van der Waals surface area contributed by atoms with E-state index >= 15 is 0 Å². The zero-order valence-corrected chi connectivity index (χ0v) is 12.8. The minimum atomic E-state index is -1.07. The van der Waals surface area contributed by atoms with Crippen LogP contribution in [0.15, 0.2) is 45.7 Å². The van der Waals surface area contributed by atoms with Crippen LogP contribution >= 0.6 is 15.9 Å². The van der Waals surface area contributed by atoms with Gasteiger partial charge in [-0.15, -0.1) is 0 Å². The molecule has 2 rings (SSSR count). The highest BCUT2D eigenvalue weighted by Crippen LogP contribution is 2.21. The third-order valence-electron chi connectivity index (χ3n) is 2.79. The number of aromatic carboxylic acids is 1. The number of furan rings is 1. The number of hydrogen-bond acceptors (Lipinski definition) is 3. The van der Waals surface area contributed by atoms with E-state index in [1.807, 2.05) is 0 Å². The van der Waals surface area contributed by atoms with Crippen molar-refractivity contribution in [3.8, 4) is 0 Å². The summed E-state index contributed by atoms with van der Waals surface area (Å²) in [6, 6.07) is 6.03. The van der Waals surface area contributed by atoms with Gasteiger partial charge in [0, 0.05) is 22.8 Å². The van der Waals surface area contributed by atoms with Gasteiger partial charge < -0.3 is 19.7 Å². The number of urea groups is 1. The normalized spacial score (nSPS) is 10.2. The number of halogens is 1. The molecule has 0 saturated carbocycles. The lowest BCUT2D eigenvalue weighted by Crippen LogP contribution is -2.30. The van der Waals surface area contributed by atoms with Crippen LogP contribution in [0.4, 0.5) is 10.5 Å². The molecule has 7 heteroatoms. The molecule has 0 atom stereocenters. The molecule has 1 aromatic heterocycles. The third-order valence-corrected chi connectivity index (χ3v) is 3.49. The SMILES string of the molecule is CN(Cc1ccoc1)C(=O)Nc1ccc(Br)c(C(=O)O)c1. The Morgan fingerprint density at radius 1 is 1.38 bits per heavy atom. The second-order valence-corrected chi connectivity index (χ2v) is 5.27. The van der Waals surface area contributed by atoms with E-state index in [2.05, 4.69) is 21.2 Å². The molecule has 0 unspecified atom stereocenters. The minimum Gasteiger partial charge on any atom is -0.478 e. The molecule has 0 aliphatic rings. The third kappa shape index (κ3) is 3.85. The molecule has 0 fully saturated rings. The minimum absolute atomic E-state index is 0.0882. The average molecular weight is 353 g/mol. The van der Waals surface area contributed by atoms with Gasteiger partial charge in [-0.2, -0.15) is 0 Å². The highest BCUT2D eigenvalue weighted by Gasteiger charge is 2.13. The summed E-state index contributed by atoms with van der Waals surface area (Å²) in [6.07, 6.45) is 3.10. The van der Waals surface area contributed by atoms with Gasteiger partial charge in [0.2, 0.25) is 0 Å². The lowest BCUT2D eigenvalue weighted by atomic mass is 10.2. The Morgan fingerprint density at radius 3 is 2.76 bits per heavy atom. The number of rotatable bonds is 4. The summed E-state index contributed by atoms with van der Waals surface area (Å²) >= 11 is 3.15. The molecule has 6 nitrogen and oxygen atoms in total. The standard InChI is InChI=1S/C14H13BrN2O4/c1-17(7-9-4-5-21-8-9)14(20)16-10-2-3-12(15)11(6-10)13(18)19/h2-6,8H,7H2,1H3,(H,16,20)(H,18,19). The number of hydrogen-bond donors (Lipinski definition) is 2. The van der Waals surface area contributed by atoms with Crippen molar-refractivity contribution in [3.63, 3.8) is 0 Å². The second-order valence-electron chi connectivity index (χ2n) is 4.42. The monoisotopic (exact) mass is 352 g/mol. The number of carbonyl (C=O) groups excluding carboxylic acids is 1. The molecular formula is C14H13BrN2O4. The van der Waals surface area contributed by atoms with Crippen molar-refractivity contribution >= 4 is 33.6 Å².